The minimum atomic E-state index is -0.421. The summed E-state index contributed by atoms with van der Waals surface area (Å²) >= 11 is 0. The zero-order chi connectivity index (χ0) is 16.1. The van der Waals surface area contributed by atoms with Gasteiger partial charge in [-0.15, -0.1) is 0 Å². The molecule has 0 aliphatic carbocycles. The van der Waals surface area contributed by atoms with Crippen molar-refractivity contribution in [3.8, 4) is 5.75 Å². The van der Waals surface area contributed by atoms with Crippen LogP contribution < -0.4 is 10.1 Å². The first kappa shape index (κ1) is 14.8. The van der Waals surface area contributed by atoms with Gasteiger partial charge >= 0.3 is 0 Å². The van der Waals surface area contributed by atoms with Crippen molar-refractivity contribution in [2.75, 3.05) is 0 Å². The van der Waals surface area contributed by atoms with E-state index in [1.165, 1.54) is 12.5 Å². The fourth-order valence-corrected chi connectivity index (χ4v) is 1.90. The van der Waals surface area contributed by atoms with Crippen molar-refractivity contribution in [3.05, 3.63) is 66.2 Å². The van der Waals surface area contributed by atoms with Gasteiger partial charge < -0.3 is 19.0 Å². The molecule has 7 heteroatoms. The number of furan rings is 1. The van der Waals surface area contributed by atoms with E-state index >= 15 is 0 Å². The third-order valence-electron chi connectivity index (χ3n) is 3.10. The van der Waals surface area contributed by atoms with Crippen molar-refractivity contribution < 1.29 is 18.5 Å². The first-order valence-electron chi connectivity index (χ1n) is 7.06. The lowest BCUT2D eigenvalue weighted by Crippen LogP contribution is -2.26. The van der Waals surface area contributed by atoms with Crippen LogP contribution in [0, 0.1) is 0 Å². The van der Waals surface area contributed by atoms with Crippen LogP contribution in [0.15, 0.2) is 57.9 Å². The summed E-state index contributed by atoms with van der Waals surface area (Å²) in [7, 11) is 0. The summed E-state index contributed by atoms with van der Waals surface area (Å²) in [4.78, 5) is 16.1. The van der Waals surface area contributed by atoms with E-state index in [2.05, 4.69) is 15.5 Å². The van der Waals surface area contributed by atoms with E-state index in [4.69, 9.17) is 13.7 Å². The van der Waals surface area contributed by atoms with Gasteiger partial charge in [0, 0.05) is 0 Å². The van der Waals surface area contributed by atoms with Crippen LogP contribution in [0.5, 0.6) is 5.75 Å². The highest BCUT2D eigenvalue weighted by Crippen LogP contribution is 2.13. The van der Waals surface area contributed by atoms with Crippen LogP contribution in [0.4, 0.5) is 0 Å². The predicted molar refractivity (Wildman–Crippen MR) is 79.7 cm³/mol. The van der Waals surface area contributed by atoms with E-state index in [1.54, 1.807) is 13.0 Å². The highest BCUT2D eigenvalue weighted by atomic mass is 16.5. The Morgan fingerprint density at radius 1 is 1.30 bits per heavy atom. The maximum atomic E-state index is 11.9. The van der Waals surface area contributed by atoms with Crippen molar-refractivity contribution >= 4 is 5.91 Å². The summed E-state index contributed by atoms with van der Waals surface area (Å²) in [5.74, 6) is 1.17. The van der Waals surface area contributed by atoms with Gasteiger partial charge in [0.25, 0.3) is 5.91 Å². The van der Waals surface area contributed by atoms with Gasteiger partial charge in [-0.3, -0.25) is 4.79 Å². The minimum Gasteiger partial charge on any atom is -0.485 e. The molecule has 0 fully saturated rings. The Bertz CT molecular complexity index is 753. The minimum absolute atomic E-state index is 0.190. The normalized spacial score (nSPS) is 11.9. The monoisotopic (exact) mass is 313 g/mol. The van der Waals surface area contributed by atoms with Gasteiger partial charge in [0.2, 0.25) is 11.7 Å². The van der Waals surface area contributed by atoms with Gasteiger partial charge in [-0.25, -0.2) is 0 Å². The summed E-state index contributed by atoms with van der Waals surface area (Å²) in [6.07, 6.45) is 2.81. The quantitative estimate of drug-likeness (QED) is 0.752. The average Bonchev–Trinajstić information content (AvgIpc) is 3.25. The van der Waals surface area contributed by atoms with Crippen molar-refractivity contribution in [3.63, 3.8) is 0 Å². The second kappa shape index (κ2) is 6.78. The maximum Gasteiger partial charge on any atom is 0.255 e. The van der Waals surface area contributed by atoms with Gasteiger partial charge in [-0.1, -0.05) is 23.4 Å². The van der Waals surface area contributed by atoms with Crippen LogP contribution in [-0.4, -0.2) is 16.0 Å². The summed E-state index contributed by atoms with van der Waals surface area (Å²) in [6.45, 7) is 1.95. The van der Waals surface area contributed by atoms with Crippen LogP contribution in [0.25, 0.3) is 0 Å². The number of rotatable bonds is 6. The molecular formula is C16H15N3O4. The number of benzene rings is 1. The molecule has 2 aromatic heterocycles. The highest BCUT2D eigenvalue weighted by molar-refractivity contribution is 5.93. The second-order valence-corrected chi connectivity index (χ2v) is 4.86. The maximum absolute atomic E-state index is 11.9. The van der Waals surface area contributed by atoms with E-state index in [0.717, 1.165) is 5.75 Å². The van der Waals surface area contributed by atoms with Gasteiger partial charge in [-0.2, -0.15) is 4.98 Å². The smallest absolute Gasteiger partial charge is 0.255 e. The molecule has 0 bridgehead atoms. The molecule has 23 heavy (non-hydrogen) atoms. The van der Waals surface area contributed by atoms with E-state index in [1.807, 2.05) is 30.3 Å². The standard InChI is InChI=1S/C16H15N3O4/c1-11(17-15(20)12-7-8-21-9-12)16-18-14(19-23-16)10-22-13-5-3-2-4-6-13/h2-9,11H,10H2,1H3,(H,17,20)/t11-/m0/s1. The Labute approximate surface area is 132 Å². The lowest BCUT2D eigenvalue weighted by molar-refractivity contribution is 0.0932. The number of nitrogens with one attached hydrogen (secondary N) is 1. The number of aromatic nitrogens is 2. The second-order valence-electron chi connectivity index (χ2n) is 4.86. The topological polar surface area (TPSA) is 90.4 Å². The first-order chi connectivity index (χ1) is 11.2. The Morgan fingerprint density at radius 2 is 2.13 bits per heavy atom. The van der Waals surface area contributed by atoms with Crippen LogP contribution >= 0.6 is 0 Å². The third-order valence-corrected chi connectivity index (χ3v) is 3.10. The summed E-state index contributed by atoms with van der Waals surface area (Å²) in [5, 5.41) is 6.59. The van der Waals surface area contributed by atoms with Crippen molar-refractivity contribution in [1.29, 1.82) is 0 Å². The number of carbonyl (C=O) groups excluding carboxylic acids is 1. The SMILES string of the molecule is C[C@H](NC(=O)c1ccoc1)c1nc(COc2ccccc2)no1. The molecule has 2 heterocycles. The summed E-state index contributed by atoms with van der Waals surface area (Å²) < 4.78 is 15.6. The van der Waals surface area contributed by atoms with Crippen molar-refractivity contribution in [2.45, 2.75) is 19.6 Å². The Hall–Kier alpha value is -3.09. The van der Waals surface area contributed by atoms with Gasteiger partial charge in [0.1, 0.15) is 18.1 Å². The Balaban J connectivity index is 1.57. The molecule has 1 N–H and O–H groups in total. The molecule has 1 aromatic carbocycles. The van der Waals surface area contributed by atoms with Crippen LogP contribution in [-0.2, 0) is 6.61 Å². The van der Waals surface area contributed by atoms with Crippen molar-refractivity contribution in [2.24, 2.45) is 0 Å². The van der Waals surface area contributed by atoms with E-state index in [0.29, 0.717) is 17.3 Å². The van der Waals surface area contributed by atoms with E-state index in [9.17, 15) is 4.79 Å². The average molecular weight is 313 g/mol. The number of amides is 1. The first-order valence-corrected chi connectivity index (χ1v) is 7.06. The van der Waals surface area contributed by atoms with E-state index in [-0.39, 0.29) is 12.5 Å². The summed E-state index contributed by atoms with van der Waals surface area (Å²) in [6, 6.07) is 10.5. The largest absolute Gasteiger partial charge is 0.485 e. The molecule has 1 atom stereocenters. The van der Waals surface area contributed by atoms with Crippen molar-refractivity contribution in [1.82, 2.24) is 15.5 Å². The molecule has 0 saturated carbocycles. The highest BCUT2D eigenvalue weighted by Gasteiger charge is 2.18. The number of para-hydroxylation sites is 1. The van der Waals surface area contributed by atoms with Gasteiger partial charge in [0.05, 0.1) is 11.8 Å². The van der Waals surface area contributed by atoms with Gasteiger partial charge in [0.15, 0.2) is 6.61 Å². The fraction of sp³-hybridized carbons (Fsp3) is 0.188. The molecule has 0 aliphatic rings. The number of hydrogen-bond donors (Lipinski definition) is 1. The molecule has 1 amide bonds. The van der Waals surface area contributed by atoms with Crippen LogP contribution in [0.3, 0.4) is 0 Å². The lowest BCUT2D eigenvalue weighted by atomic mass is 10.2. The molecule has 0 unspecified atom stereocenters. The summed E-state index contributed by atoms with van der Waals surface area (Å²) in [5.41, 5.74) is 0.434. The Morgan fingerprint density at radius 3 is 2.87 bits per heavy atom. The zero-order valence-electron chi connectivity index (χ0n) is 12.4. The lowest BCUT2D eigenvalue weighted by Gasteiger charge is -2.07. The molecule has 7 nitrogen and oxygen atoms in total. The zero-order valence-corrected chi connectivity index (χ0v) is 12.4. The molecular weight excluding hydrogens is 298 g/mol. The Kier molecular flexibility index (Phi) is 4.37. The predicted octanol–water partition coefficient (Wildman–Crippen LogP) is 2.73. The number of ether oxygens (including phenoxy) is 1. The third kappa shape index (κ3) is 3.76. The number of nitrogens with zero attached hydrogens (tertiary/aromatic N) is 2. The molecule has 0 saturated heterocycles. The fourth-order valence-electron chi connectivity index (χ4n) is 1.90. The number of hydrogen-bond acceptors (Lipinski definition) is 6. The van der Waals surface area contributed by atoms with Gasteiger partial charge in [-0.05, 0) is 25.1 Å². The molecule has 0 spiro atoms. The molecule has 3 rings (SSSR count). The van der Waals surface area contributed by atoms with Crippen LogP contribution in [0.2, 0.25) is 0 Å². The van der Waals surface area contributed by atoms with Crippen LogP contribution in [0.1, 0.15) is 35.0 Å². The van der Waals surface area contributed by atoms with E-state index < -0.39 is 6.04 Å². The molecule has 0 radical (unpaired) electrons. The molecule has 3 aromatic rings. The molecule has 118 valence electrons. The molecule has 0 aliphatic heterocycles. The number of carbonyl (C=O) groups is 1.